The maximum absolute atomic E-state index is 13.0. The lowest BCUT2D eigenvalue weighted by Gasteiger charge is -2.36. The van der Waals surface area contributed by atoms with Gasteiger partial charge in [0.05, 0.1) is 5.54 Å². The molecule has 3 rings (SSSR count). The molecule has 1 aromatic rings. The van der Waals surface area contributed by atoms with E-state index in [1.807, 2.05) is 0 Å². The fraction of sp³-hybridized carbons (Fsp3) is 0.579. The second-order valence-corrected chi connectivity index (χ2v) is 7.12. The molecule has 2 aliphatic rings. The van der Waals surface area contributed by atoms with Crippen LogP contribution in [0.15, 0.2) is 24.3 Å². The van der Waals surface area contributed by atoms with Gasteiger partial charge in [-0.1, -0.05) is 0 Å². The topological polar surface area (TPSA) is 87.9 Å². The van der Waals surface area contributed by atoms with Crippen molar-refractivity contribution in [2.75, 3.05) is 50.8 Å². The SMILES string of the molecule is Cl.Cl.NC1(C(=O)NCCC(=O)N2CCN(c3ccc(F)cc3)CC2)CCOCC1. The zero-order chi connectivity index (χ0) is 19.3. The summed E-state index contributed by atoms with van der Waals surface area (Å²) in [5.74, 6) is -0.443. The van der Waals surface area contributed by atoms with E-state index in [1.165, 1.54) is 12.1 Å². The number of ether oxygens (including phenoxy) is 1. The first-order valence-corrected chi connectivity index (χ1v) is 9.41. The van der Waals surface area contributed by atoms with Gasteiger partial charge in [-0.2, -0.15) is 0 Å². The summed E-state index contributed by atoms with van der Waals surface area (Å²) in [5, 5.41) is 2.79. The number of nitrogens with two attached hydrogens (primary N) is 1. The molecular weight excluding hydrogens is 422 g/mol. The summed E-state index contributed by atoms with van der Waals surface area (Å²) in [6, 6.07) is 6.39. The summed E-state index contributed by atoms with van der Waals surface area (Å²) >= 11 is 0. The smallest absolute Gasteiger partial charge is 0.240 e. The van der Waals surface area contributed by atoms with Gasteiger partial charge in [0, 0.05) is 58.0 Å². The number of amides is 2. The van der Waals surface area contributed by atoms with Crippen molar-refractivity contribution in [3.8, 4) is 0 Å². The van der Waals surface area contributed by atoms with Crippen molar-refractivity contribution in [1.29, 1.82) is 0 Å². The van der Waals surface area contributed by atoms with E-state index in [0.717, 1.165) is 5.69 Å². The number of carbonyl (C=O) groups excluding carboxylic acids is 2. The van der Waals surface area contributed by atoms with Crippen LogP contribution >= 0.6 is 24.8 Å². The number of anilines is 1. The van der Waals surface area contributed by atoms with Crippen LogP contribution in [0.3, 0.4) is 0 Å². The van der Waals surface area contributed by atoms with Crippen LogP contribution in [-0.4, -0.2) is 68.2 Å². The summed E-state index contributed by atoms with van der Waals surface area (Å²) < 4.78 is 18.3. The highest BCUT2D eigenvalue weighted by molar-refractivity contribution is 5.87. The first-order valence-electron chi connectivity index (χ1n) is 9.41. The Kier molecular flexibility index (Phi) is 10.1. The fourth-order valence-corrected chi connectivity index (χ4v) is 3.45. The van der Waals surface area contributed by atoms with Gasteiger partial charge in [0.25, 0.3) is 0 Å². The average molecular weight is 451 g/mol. The van der Waals surface area contributed by atoms with Crippen LogP contribution in [0.4, 0.5) is 10.1 Å². The normalized spacial score (nSPS) is 18.3. The fourth-order valence-electron chi connectivity index (χ4n) is 3.45. The first kappa shape index (κ1) is 25.4. The van der Waals surface area contributed by atoms with Crippen LogP contribution in [0.1, 0.15) is 19.3 Å². The van der Waals surface area contributed by atoms with E-state index in [2.05, 4.69) is 10.2 Å². The molecule has 0 aromatic heterocycles. The molecule has 2 heterocycles. The van der Waals surface area contributed by atoms with Gasteiger partial charge in [0.15, 0.2) is 0 Å². The zero-order valence-corrected chi connectivity index (χ0v) is 17.9. The molecule has 2 fully saturated rings. The Morgan fingerprint density at radius 1 is 1.07 bits per heavy atom. The van der Waals surface area contributed by atoms with Crippen molar-refractivity contribution >= 4 is 42.3 Å². The number of benzene rings is 1. The molecule has 0 bridgehead atoms. The first-order chi connectivity index (χ1) is 13.0. The Bertz CT molecular complexity index is 664. The second-order valence-electron chi connectivity index (χ2n) is 7.12. The van der Waals surface area contributed by atoms with Crippen molar-refractivity contribution in [2.24, 2.45) is 5.73 Å². The largest absolute Gasteiger partial charge is 0.381 e. The molecule has 164 valence electrons. The van der Waals surface area contributed by atoms with E-state index in [4.69, 9.17) is 10.5 Å². The molecule has 7 nitrogen and oxygen atoms in total. The number of nitrogens with one attached hydrogen (secondary N) is 1. The molecule has 1 aromatic carbocycles. The highest BCUT2D eigenvalue weighted by Gasteiger charge is 2.35. The Morgan fingerprint density at radius 3 is 2.24 bits per heavy atom. The summed E-state index contributed by atoms with van der Waals surface area (Å²) in [6.45, 7) is 3.90. The minimum absolute atomic E-state index is 0. The Hall–Kier alpha value is -1.61. The average Bonchev–Trinajstić information content (AvgIpc) is 2.69. The third-order valence-electron chi connectivity index (χ3n) is 5.29. The van der Waals surface area contributed by atoms with Gasteiger partial charge in [0.2, 0.25) is 11.8 Å². The number of carbonyl (C=O) groups is 2. The van der Waals surface area contributed by atoms with Crippen LogP contribution in [0.2, 0.25) is 0 Å². The molecule has 0 radical (unpaired) electrons. The second kappa shape index (κ2) is 11.5. The molecule has 0 aliphatic carbocycles. The lowest BCUT2D eigenvalue weighted by atomic mass is 9.90. The predicted octanol–water partition coefficient (Wildman–Crippen LogP) is 1.33. The predicted molar refractivity (Wildman–Crippen MR) is 114 cm³/mol. The molecule has 2 saturated heterocycles. The molecule has 2 aliphatic heterocycles. The number of piperazine rings is 1. The van der Waals surface area contributed by atoms with Crippen LogP contribution in [0, 0.1) is 5.82 Å². The van der Waals surface area contributed by atoms with Gasteiger partial charge in [-0.25, -0.2) is 4.39 Å². The third-order valence-corrected chi connectivity index (χ3v) is 5.29. The molecule has 0 saturated carbocycles. The number of rotatable bonds is 5. The summed E-state index contributed by atoms with van der Waals surface area (Å²) in [5.41, 5.74) is 6.20. The van der Waals surface area contributed by atoms with Gasteiger partial charge >= 0.3 is 0 Å². The molecular formula is C19H29Cl2FN4O3. The highest BCUT2D eigenvalue weighted by Crippen LogP contribution is 2.18. The van der Waals surface area contributed by atoms with Gasteiger partial charge in [-0.15, -0.1) is 24.8 Å². The van der Waals surface area contributed by atoms with Crippen LogP contribution < -0.4 is 16.0 Å². The standard InChI is InChI=1S/C19H27FN4O3.2ClH/c20-15-1-3-16(4-2-15)23-9-11-24(12-10-23)17(25)5-8-22-18(26)19(21)6-13-27-14-7-19;;/h1-4H,5-14,21H2,(H,22,26);2*1H. The molecule has 29 heavy (non-hydrogen) atoms. The van der Waals surface area contributed by atoms with Gasteiger partial charge in [-0.3, -0.25) is 9.59 Å². The van der Waals surface area contributed by atoms with Crippen molar-refractivity contribution in [3.05, 3.63) is 30.1 Å². The van der Waals surface area contributed by atoms with E-state index in [0.29, 0.717) is 52.2 Å². The molecule has 0 spiro atoms. The highest BCUT2D eigenvalue weighted by atomic mass is 35.5. The zero-order valence-electron chi connectivity index (χ0n) is 16.3. The van der Waals surface area contributed by atoms with E-state index in [-0.39, 0.29) is 55.4 Å². The van der Waals surface area contributed by atoms with Gasteiger partial charge in [0.1, 0.15) is 5.82 Å². The van der Waals surface area contributed by atoms with Crippen molar-refractivity contribution in [3.63, 3.8) is 0 Å². The number of halogens is 3. The van der Waals surface area contributed by atoms with E-state index in [9.17, 15) is 14.0 Å². The lowest BCUT2D eigenvalue weighted by Crippen LogP contribution is -2.57. The molecule has 3 N–H and O–H groups in total. The number of hydrogen-bond acceptors (Lipinski definition) is 5. The molecule has 0 unspecified atom stereocenters. The van der Waals surface area contributed by atoms with Crippen LogP contribution in [-0.2, 0) is 14.3 Å². The maximum Gasteiger partial charge on any atom is 0.240 e. The minimum Gasteiger partial charge on any atom is -0.381 e. The quantitative estimate of drug-likeness (QED) is 0.706. The van der Waals surface area contributed by atoms with E-state index >= 15 is 0 Å². The molecule has 2 amide bonds. The Labute approximate surface area is 182 Å². The Balaban J connectivity index is 0.00000210. The van der Waals surface area contributed by atoms with Gasteiger partial charge < -0.3 is 25.6 Å². The monoisotopic (exact) mass is 450 g/mol. The molecule has 10 heteroatoms. The maximum atomic E-state index is 13.0. The summed E-state index contributed by atoms with van der Waals surface area (Å²) in [6.07, 6.45) is 1.26. The van der Waals surface area contributed by atoms with E-state index < -0.39 is 5.54 Å². The van der Waals surface area contributed by atoms with Crippen LogP contribution in [0.25, 0.3) is 0 Å². The number of nitrogens with zero attached hydrogens (tertiary/aromatic N) is 2. The third kappa shape index (κ3) is 6.70. The lowest BCUT2D eigenvalue weighted by molar-refractivity contribution is -0.132. The van der Waals surface area contributed by atoms with E-state index in [1.54, 1.807) is 17.0 Å². The van der Waals surface area contributed by atoms with Crippen molar-refractivity contribution in [1.82, 2.24) is 10.2 Å². The van der Waals surface area contributed by atoms with Crippen LogP contribution in [0.5, 0.6) is 0 Å². The number of hydrogen-bond donors (Lipinski definition) is 2. The molecule has 0 atom stereocenters. The Morgan fingerprint density at radius 2 is 1.66 bits per heavy atom. The van der Waals surface area contributed by atoms with Gasteiger partial charge in [-0.05, 0) is 37.1 Å². The van der Waals surface area contributed by atoms with Crippen molar-refractivity contribution < 1.29 is 18.7 Å². The van der Waals surface area contributed by atoms with Crippen molar-refractivity contribution in [2.45, 2.75) is 24.8 Å². The minimum atomic E-state index is -0.887. The summed E-state index contributed by atoms with van der Waals surface area (Å²) in [7, 11) is 0. The summed E-state index contributed by atoms with van der Waals surface area (Å²) in [4.78, 5) is 28.6.